The Morgan fingerprint density at radius 3 is 3.10 bits per heavy atom. The van der Waals surface area contributed by atoms with Crippen LogP contribution in [0.25, 0.3) is 11.0 Å². The molecule has 0 radical (unpaired) electrons. The van der Waals surface area contributed by atoms with E-state index in [1.165, 1.54) is 12.1 Å². The topological polar surface area (TPSA) is 81.1 Å². The van der Waals surface area contributed by atoms with E-state index in [0.29, 0.717) is 24.8 Å². The van der Waals surface area contributed by atoms with Gasteiger partial charge in [0.05, 0.1) is 12.2 Å². The minimum Gasteiger partial charge on any atom is -0.481 e. The summed E-state index contributed by atoms with van der Waals surface area (Å²) in [5.74, 6) is 0.0438. The molecule has 1 aliphatic heterocycles. The highest BCUT2D eigenvalue weighted by atomic mass is 19.1. The highest BCUT2D eigenvalue weighted by Crippen LogP contribution is 2.27. The number of nitrogens with one attached hydrogen (secondary N) is 2. The Hall–Kier alpha value is -3.00. The highest BCUT2D eigenvalue weighted by molar-refractivity contribution is 5.81. The van der Waals surface area contributed by atoms with Crippen LogP contribution in [-0.2, 0) is 11.3 Å². The lowest BCUT2D eigenvalue weighted by Gasteiger charge is -2.14. The molecule has 2 atom stereocenters. The monoisotopic (exact) mass is 397 g/mol. The number of benzene rings is 1. The van der Waals surface area contributed by atoms with Crippen LogP contribution in [0.2, 0.25) is 0 Å². The van der Waals surface area contributed by atoms with E-state index in [9.17, 15) is 9.18 Å². The number of carbonyl (C=O) groups excluding carboxylic acids is 1. The van der Waals surface area contributed by atoms with Gasteiger partial charge in [-0.3, -0.25) is 4.79 Å². The zero-order chi connectivity index (χ0) is 20.2. The van der Waals surface area contributed by atoms with Gasteiger partial charge in [-0.1, -0.05) is 6.07 Å². The number of hydrogen-bond acceptors (Lipinski definition) is 5. The van der Waals surface area contributed by atoms with E-state index in [0.717, 1.165) is 36.2 Å². The first-order valence-electron chi connectivity index (χ1n) is 9.84. The lowest BCUT2D eigenvalue weighted by atomic mass is 10.0. The Labute approximate surface area is 168 Å². The molecule has 1 aliphatic rings. The predicted molar refractivity (Wildman–Crippen MR) is 107 cm³/mol. The maximum absolute atomic E-state index is 13.3. The van der Waals surface area contributed by atoms with Gasteiger partial charge in [0.25, 0.3) is 5.91 Å². The second-order valence-corrected chi connectivity index (χ2v) is 7.18. The number of nitrogens with zero attached hydrogens (tertiary/aromatic N) is 3. The van der Waals surface area contributed by atoms with Gasteiger partial charge in [0.15, 0.2) is 11.8 Å². The van der Waals surface area contributed by atoms with Gasteiger partial charge in [0.1, 0.15) is 11.6 Å². The number of pyridine rings is 1. The van der Waals surface area contributed by atoms with E-state index < -0.39 is 11.9 Å². The van der Waals surface area contributed by atoms with Crippen molar-refractivity contribution in [3.8, 4) is 5.75 Å². The molecular weight excluding hydrogens is 373 g/mol. The molecule has 4 rings (SSSR count). The van der Waals surface area contributed by atoms with Gasteiger partial charge in [-0.05, 0) is 44.2 Å². The normalized spacial score (nSPS) is 17.4. The number of carbonyl (C=O) groups is 1. The van der Waals surface area contributed by atoms with Crippen molar-refractivity contribution >= 4 is 16.9 Å². The molecule has 0 unspecified atom stereocenters. The zero-order valence-electron chi connectivity index (χ0n) is 16.3. The summed E-state index contributed by atoms with van der Waals surface area (Å²) >= 11 is 0. The van der Waals surface area contributed by atoms with E-state index in [1.54, 1.807) is 25.3 Å². The van der Waals surface area contributed by atoms with Crippen LogP contribution in [0.15, 0.2) is 42.6 Å². The predicted octanol–water partition coefficient (Wildman–Crippen LogP) is 2.23. The van der Waals surface area contributed by atoms with Gasteiger partial charge in [-0.25, -0.2) is 14.1 Å². The van der Waals surface area contributed by atoms with Gasteiger partial charge in [-0.2, -0.15) is 5.10 Å². The van der Waals surface area contributed by atoms with Gasteiger partial charge in [0.2, 0.25) is 0 Å². The molecule has 0 bridgehead atoms. The molecule has 3 aromatic rings. The SMILES string of the molecule is C[C@H](Oc1cccc(F)c1)C(=O)NCCn1nc([C@@H]2CCNC2)c2cccnc21. The molecule has 1 fully saturated rings. The Bertz CT molecular complexity index is 1000. The van der Waals surface area contributed by atoms with Gasteiger partial charge < -0.3 is 15.4 Å². The molecule has 3 heterocycles. The fourth-order valence-electron chi connectivity index (χ4n) is 3.61. The third-order valence-electron chi connectivity index (χ3n) is 5.08. The minimum absolute atomic E-state index is 0.265. The first-order valence-corrected chi connectivity index (χ1v) is 9.84. The lowest BCUT2D eigenvalue weighted by molar-refractivity contribution is -0.127. The van der Waals surface area contributed by atoms with Crippen LogP contribution in [0, 0.1) is 5.82 Å². The average molecular weight is 397 g/mol. The van der Waals surface area contributed by atoms with E-state index >= 15 is 0 Å². The van der Waals surface area contributed by atoms with E-state index in [-0.39, 0.29) is 5.91 Å². The Morgan fingerprint density at radius 1 is 1.41 bits per heavy atom. The highest BCUT2D eigenvalue weighted by Gasteiger charge is 2.23. The van der Waals surface area contributed by atoms with E-state index in [2.05, 4.69) is 15.6 Å². The van der Waals surface area contributed by atoms with Gasteiger partial charge in [0, 0.05) is 36.7 Å². The van der Waals surface area contributed by atoms with Crippen LogP contribution < -0.4 is 15.4 Å². The summed E-state index contributed by atoms with van der Waals surface area (Å²) in [5, 5.41) is 12.1. The first kappa shape index (κ1) is 19.3. The number of hydrogen-bond donors (Lipinski definition) is 2. The fourth-order valence-corrected chi connectivity index (χ4v) is 3.61. The van der Waals surface area contributed by atoms with Crippen molar-refractivity contribution in [2.75, 3.05) is 19.6 Å². The molecule has 1 aromatic carbocycles. The third kappa shape index (κ3) is 4.37. The molecule has 2 N–H and O–H groups in total. The Morgan fingerprint density at radius 2 is 2.31 bits per heavy atom. The summed E-state index contributed by atoms with van der Waals surface area (Å²) in [7, 11) is 0. The van der Waals surface area contributed by atoms with E-state index in [1.807, 2.05) is 16.8 Å². The molecule has 1 amide bonds. The average Bonchev–Trinajstić information content (AvgIpc) is 3.36. The van der Waals surface area contributed by atoms with Crippen molar-refractivity contribution < 1.29 is 13.9 Å². The molecular formula is C21H24FN5O2. The maximum atomic E-state index is 13.3. The number of rotatable bonds is 7. The Balaban J connectivity index is 1.37. The van der Waals surface area contributed by atoms with Crippen molar-refractivity contribution in [1.82, 2.24) is 25.4 Å². The quantitative estimate of drug-likeness (QED) is 0.639. The summed E-state index contributed by atoms with van der Waals surface area (Å²) in [4.78, 5) is 16.8. The van der Waals surface area contributed by atoms with Crippen molar-refractivity contribution in [1.29, 1.82) is 0 Å². The molecule has 29 heavy (non-hydrogen) atoms. The van der Waals surface area contributed by atoms with Crippen molar-refractivity contribution in [3.63, 3.8) is 0 Å². The van der Waals surface area contributed by atoms with Gasteiger partial charge in [-0.15, -0.1) is 0 Å². The van der Waals surface area contributed by atoms with Gasteiger partial charge >= 0.3 is 0 Å². The van der Waals surface area contributed by atoms with Crippen LogP contribution >= 0.6 is 0 Å². The molecule has 2 aromatic heterocycles. The van der Waals surface area contributed by atoms with Crippen LogP contribution in [0.4, 0.5) is 4.39 Å². The molecule has 0 spiro atoms. The second-order valence-electron chi connectivity index (χ2n) is 7.18. The lowest BCUT2D eigenvalue weighted by Crippen LogP contribution is -2.38. The summed E-state index contributed by atoms with van der Waals surface area (Å²) in [6.07, 6.45) is 2.08. The third-order valence-corrected chi connectivity index (χ3v) is 5.08. The maximum Gasteiger partial charge on any atom is 0.260 e. The Kier molecular flexibility index (Phi) is 5.71. The first-order chi connectivity index (χ1) is 14.1. The van der Waals surface area contributed by atoms with Crippen LogP contribution in [0.5, 0.6) is 5.75 Å². The number of amides is 1. The number of halogens is 1. The van der Waals surface area contributed by atoms with Crippen molar-refractivity contribution in [2.24, 2.45) is 0 Å². The summed E-state index contributed by atoms with van der Waals surface area (Å²) in [6, 6.07) is 9.72. The summed E-state index contributed by atoms with van der Waals surface area (Å²) < 4.78 is 20.6. The standard InChI is InChI=1S/C21H24FN5O2/c1-14(29-17-5-2-4-16(22)12-17)21(28)25-10-11-27-20-18(6-3-8-24-20)19(26-27)15-7-9-23-13-15/h2-6,8,12,14-15,23H,7,9-11,13H2,1H3,(H,25,28)/t14-,15+/m0/s1. The van der Waals surface area contributed by atoms with Crippen LogP contribution in [-0.4, -0.2) is 46.4 Å². The zero-order valence-corrected chi connectivity index (χ0v) is 16.3. The molecule has 0 saturated carbocycles. The molecule has 8 heteroatoms. The van der Waals surface area contributed by atoms with E-state index in [4.69, 9.17) is 9.84 Å². The van der Waals surface area contributed by atoms with Crippen molar-refractivity contribution in [2.45, 2.75) is 31.9 Å². The second kappa shape index (κ2) is 8.57. The molecule has 152 valence electrons. The minimum atomic E-state index is -0.732. The van der Waals surface area contributed by atoms with Crippen LogP contribution in [0.1, 0.15) is 25.0 Å². The summed E-state index contributed by atoms with van der Waals surface area (Å²) in [5.41, 5.74) is 1.89. The van der Waals surface area contributed by atoms with Crippen LogP contribution in [0.3, 0.4) is 0 Å². The number of ether oxygens (including phenoxy) is 1. The number of fused-ring (bicyclic) bond motifs is 1. The molecule has 1 saturated heterocycles. The smallest absolute Gasteiger partial charge is 0.260 e. The molecule has 7 nitrogen and oxygen atoms in total. The number of aromatic nitrogens is 3. The van der Waals surface area contributed by atoms with Crippen molar-refractivity contribution in [3.05, 3.63) is 54.1 Å². The molecule has 0 aliphatic carbocycles. The summed E-state index contributed by atoms with van der Waals surface area (Å²) in [6.45, 7) is 4.46. The fraction of sp³-hybridized carbons (Fsp3) is 0.381. The largest absolute Gasteiger partial charge is 0.481 e.